The molecule has 1 heterocycles. The fraction of sp³-hybridized carbons (Fsp3) is 0.786. The van der Waals surface area contributed by atoms with E-state index >= 15 is 0 Å². The molecular weight excluding hydrogens is 378 g/mol. The van der Waals surface area contributed by atoms with Crippen molar-refractivity contribution in [3.63, 3.8) is 0 Å². The summed E-state index contributed by atoms with van der Waals surface area (Å²) in [6, 6.07) is 3.90. The van der Waals surface area contributed by atoms with Crippen LogP contribution in [0.5, 0.6) is 0 Å². The molecule has 0 bridgehead atoms. The van der Waals surface area contributed by atoms with Gasteiger partial charge in [0.25, 0.3) is 0 Å². The average molecular weight is 430 g/mol. The molecule has 1 rings (SSSR count). The largest absolute Gasteiger partial charge is 0.363 e. The number of rotatable bonds is 20. The van der Waals surface area contributed by atoms with Crippen LogP contribution in [-0.2, 0) is 0 Å². The first-order chi connectivity index (χ1) is 15.2. The summed E-state index contributed by atoms with van der Waals surface area (Å²) in [7, 11) is 2.15. The van der Waals surface area contributed by atoms with E-state index in [1.165, 1.54) is 116 Å². The van der Waals surface area contributed by atoms with Crippen LogP contribution < -0.4 is 0 Å². The molecule has 0 fully saturated rings. The van der Waals surface area contributed by atoms with Crippen LogP contribution in [0.1, 0.15) is 129 Å². The molecule has 0 atom stereocenters. The third-order valence-corrected chi connectivity index (χ3v) is 6.35. The molecule has 0 aliphatic heterocycles. The van der Waals surface area contributed by atoms with Crippen molar-refractivity contribution < 1.29 is 0 Å². The van der Waals surface area contributed by atoms with Crippen molar-refractivity contribution in [3.05, 3.63) is 24.5 Å². The van der Waals surface area contributed by atoms with Gasteiger partial charge in [0, 0.05) is 26.0 Å². The zero-order valence-corrected chi connectivity index (χ0v) is 21.1. The normalized spacial score (nSPS) is 11.8. The summed E-state index contributed by atoms with van der Waals surface area (Å²) in [6.45, 7) is 5.48. The highest BCUT2D eigenvalue weighted by Gasteiger charge is 2.01. The van der Waals surface area contributed by atoms with Gasteiger partial charge in [-0.25, -0.2) is 4.99 Å². The second-order valence-electron chi connectivity index (χ2n) is 9.30. The van der Waals surface area contributed by atoms with E-state index in [9.17, 15) is 0 Å². The summed E-state index contributed by atoms with van der Waals surface area (Å²) in [4.78, 5) is 11.0. The quantitative estimate of drug-likeness (QED) is 0.117. The van der Waals surface area contributed by atoms with Gasteiger partial charge in [-0.05, 0) is 25.5 Å². The van der Waals surface area contributed by atoms with E-state index in [0.29, 0.717) is 0 Å². The van der Waals surface area contributed by atoms with Gasteiger partial charge in [0.1, 0.15) is 5.84 Å². The van der Waals surface area contributed by atoms with E-state index in [4.69, 9.17) is 0 Å². The summed E-state index contributed by atoms with van der Waals surface area (Å²) in [5, 5.41) is 0. The Labute approximate surface area is 194 Å². The van der Waals surface area contributed by atoms with Crippen LogP contribution in [0, 0.1) is 0 Å². The van der Waals surface area contributed by atoms with Crippen LogP contribution in [-0.4, -0.2) is 29.3 Å². The van der Waals surface area contributed by atoms with Gasteiger partial charge in [0.2, 0.25) is 0 Å². The van der Waals surface area contributed by atoms with Crippen LogP contribution >= 0.6 is 0 Å². The lowest BCUT2D eigenvalue weighted by Gasteiger charge is -2.18. The summed E-state index contributed by atoms with van der Waals surface area (Å²) in [6.07, 6.45) is 29.3. The van der Waals surface area contributed by atoms with Crippen LogP contribution in [0.25, 0.3) is 0 Å². The second kappa shape index (κ2) is 20.5. The van der Waals surface area contributed by atoms with Crippen molar-refractivity contribution in [1.29, 1.82) is 0 Å². The van der Waals surface area contributed by atoms with Gasteiger partial charge in [-0.2, -0.15) is 0 Å². The van der Waals surface area contributed by atoms with Crippen molar-refractivity contribution in [2.75, 3.05) is 13.6 Å². The van der Waals surface area contributed by atoms with Gasteiger partial charge in [-0.15, -0.1) is 0 Å². The summed E-state index contributed by atoms with van der Waals surface area (Å²) >= 11 is 0. The Hall–Kier alpha value is -1.38. The molecule has 0 unspecified atom stereocenters. The molecule has 0 aliphatic carbocycles. The van der Waals surface area contributed by atoms with E-state index in [1.54, 1.807) is 12.4 Å². The molecule has 0 saturated carbocycles. The van der Waals surface area contributed by atoms with Crippen LogP contribution in [0.15, 0.2) is 29.5 Å². The van der Waals surface area contributed by atoms with E-state index in [0.717, 1.165) is 18.1 Å². The Balaban J connectivity index is 1.82. The lowest BCUT2D eigenvalue weighted by Crippen LogP contribution is -2.25. The number of aliphatic imine (C=N–C) groups is 1. The van der Waals surface area contributed by atoms with Crippen molar-refractivity contribution in [1.82, 2.24) is 9.88 Å². The molecule has 0 saturated heterocycles. The second-order valence-corrected chi connectivity index (χ2v) is 9.30. The Morgan fingerprint density at radius 3 is 1.48 bits per heavy atom. The van der Waals surface area contributed by atoms with E-state index in [-0.39, 0.29) is 0 Å². The molecule has 1 aromatic rings. The van der Waals surface area contributed by atoms with Crippen molar-refractivity contribution >= 4 is 11.5 Å². The average Bonchev–Trinajstić information content (AvgIpc) is 2.78. The maximum absolute atomic E-state index is 4.66. The molecule has 1 aromatic heterocycles. The SMILES string of the molecule is CCCCCCCCCCCCCCCCCCCCN(C)C(C)=Nc1ccncc1. The summed E-state index contributed by atoms with van der Waals surface area (Å²) < 4.78 is 0. The number of pyridine rings is 1. The predicted molar refractivity (Wildman–Crippen MR) is 138 cm³/mol. The molecule has 0 aromatic carbocycles. The van der Waals surface area contributed by atoms with Gasteiger partial charge < -0.3 is 4.90 Å². The Bertz CT molecular complexity index is 526. The smallest absolute Gasteiger partial charge is 0.101 e. The highest BCUT2D eigenvalue weighted by Crippen LogP contribution is 2.15. The van der Waals surface area contributed by atoms with Gasteiger partial charge in [-0.3, -0.25) is 4.98 Å². The predicted octanol–water partition coefficient (Wildman–Crippen LogP) is 9.11. The van der Waals surface area contributed by atoms with Gasteiger partial charge in [-0.1, -0.05) is 116 Å². The Morgan fingerprint density at radius 1 is 0.677 bits per heavy atom. The molecule has 178 valence electrons. The summed E-state index contributed by atoms with van der Waals surface area (Å²) in [5.41, 5.74) is 0.983. The van der Waals surface area contributed by atoms with Crippen LogP contribution in [0.3, 0.4) is 0 Å². The molecule has 3 nitrogen and oxygen atoms in total. The number of aromatic nitrogens is 1. The molecule has 3 heteroatoms. The minimum absolute atomic E-state index is 0.983. The maximum Gasteiger partial charge on any atom is 0.101 e. The third-order valence-electron chi connectivity index (χ3n) is 6.35. The number of amidine groups is 1. The fourth-order valence-corrected chi connectivity index (χ4v) is 4.10. The first-order valence-corrected chi connectivity index (χ1v) is 13.4. The van der Waals surface area contributed by atoms with Crippen molar-refractivity contribution in [2.24, 2.45) is 4.99 Å². The molecule has 0 N–H and O–H groups in total. The molecular formula is C28H51N3. The third kappa shape index (κ3) is 16.9. The molecule has 0 aliphatic rings. The number of hydrogen-bond acceptors (Lipinski definition) is 2. The first-order valence-electron chi connectivity index (χ1n) is 13.4. The zero-order chi connectivity index (χ0) is 22.4. The fourth-order valence-electron chi connectivity index (χ4n) is 4.10. The monoisotopic (exact) mass is 429 g/mol. The van der Waals surface area contributed by atoms with E-state index in [2.05, 4.69) is 35.8 Å². The highest BCUT2D eigenvalue weighted by atomic mass is 15.2. The van der Waals surface area contributed by atoms with Crippen molar-refractivity contribution in [3.8, 4) is 0 Å². The van der Waals surface area contributed by atoms with Gasteiger partial charge >= 0.3 is 0 Å². The van der Waals surface area contributed by atoms with E-state index in [1.807, 2.05) is 12.1 Å². The number of nitrogens with zero attached hydrogens (tertiary/aromatic N) is 3. The standard InChI is InChI=1S/C28H51N3/c1-4-5-6-7-8-9-10-11-12-13-14-15-16-17-18-19-20-21-26-31(3)27(2)30-28-22-24-29-25-23-28/h22-25H,4-21,26H2,1-3H3. The minimum Gasteiger partial charge on any atom is -0.363 e. The van der Waals surface area contributed by atoms with E-state index < -0.39 is 0 Å². The van der Waals surface area contributed by atoms with Crippen LogP contribution in [0.4, 0.5) is 5.69 Å². The molecule has 0 radical (unpaired) electrons. The van der Waals surface area contributed by atoms with Gasteiger partial charge in [0.05, 0.1) is 5.69 Å². The molecule has 0 spiro atoms. The summed E-state index contributed by atoms with van der Waals surface area (Å²) in [5.74, 6) is 1.08. The zero-order valence-electron chi connectivity index (χ0n) is 21.1. The topological polar surface area (TPSA) is 28.5 Å². The maximum atomic E-state index is 4.66. The molecule has 31 heavy (non-hydrogen) atoms. The van der Waals surface area contributed by atoms with Crippen molar-refractivity contribution in [2.45, 2.75) is 129 Å². The number of unbranched alkanes of at least 4 members (excludes halogenated alkanes) is 17. The molecule has 0 amide bonds. The lowest BCUT2D eigenvalue weighted by molar-refractivity contribution is 0.461. The Morgan fingerprint density at radius 2 is 1.06 bits per heavy atom. The Kier molecular flexibility index (Phi) is 18.3. The lowest BCUT2D eigenvalue weighted by atomic mass is 10.0. The number of hydrogen-bond donors (Lipinski definition) is 0. The van der Waals surface area contributed by atoms with Gasteiger partial charge in [0.15, 0.2) is 0 Å². The van der Waals surface area contributed by atoms with Crippen LogP contribution in [0.2, 0.25) is 0 Å². The minimum atomic E-state index is 0.983. The highest BCUT2D eigenvalue weighted by molar-refractivity contribution is 5.82. The first kappa shape index (κ1) is 27.7.